The summed E-state index contributed by atoms with van der Waals surface area (Å²) in [4.78, 5) is 32.5. The maximum absolute atomic E-state index is 11.6. The van der Waals surface area contributed by atoms with Crippen LogP contribution in [-0.2, 0) is 20.9 Å². The van der Waals surface area contributed by atoms with E-state index in [1.807, 2.05) is 0 Å². The number of non-ortho nitro benzene ring substituents is 1. The Morgan fingerprint density at radius 3 is 2.60 bits per heavy atom. The number of ether oxygens (including phenoxy) is 1. The van der Waals surface area contributed by atoms with Crippen molar-refractivity contribution in [2.24, 2.45) is 5.10 Å². The van der Waals surface area contributed by atoms with Gasteiger partial charge in [-0.25, -0.2) is 10.2 Å². The highest BCUT2D eigenvalue weighted by Gasteiger charge is 2.19. The predicted molar refractivity (Wildman–Crippen MR) is 67.7 cm³/mol. The number of nitro groups is 1. The van der Waals surface area contributed by atoms with E-state index in [1.165, 1.54) is 24.3 Å². The molecule has 0 saturated heterocycles. The second-order valence-corrected chi connectivity index (χ2v) is 4.09. The molecule has 1 aromatic carbocycles. The zero-order valence-electron chi connectivity index (χ0n) is 10.4. The molecule has 0 atom stereocenters. The standard InChI is InChI=1S/C12H11N3O5/c16-11-6-5-10(13-14-11)12(17)20-7-8-1-3-9(4-2-8)15(18)19/h1-4H,5-7H2,(H,14,16). The van der Waals surface area contributed by atoms with Crippen molar-refractivity contribution < 1.29 is 19.2 Å². The van der Waals surface area contributed by atoms with E-state index in [1.54, 1.807) is 0 Å². The van der Waals surface area contributed by atoms with Gasteiger partial charge in [-0.3, -0.25) is 14.9 Å². The fourth-order valence-electron chi connectivity index (χ4n) is 1.57. The first-order valence-corrected chi connectivity index (χ1v) is 5.82. The van der Waals surface area contributed by atoms with E-state index in [0.717, 1.165) is 0 Å². The Labute approximate surface area is 113 Å². The zero-order valence-corrected chi connectivity index (χ0v) is 10.4. The molecular formula is C12H11N3O5. The number of benzene rings is 1. The van der Waals surface area contributed by atoms with Crippen LogP contribution in [0.2, 0.25) is 0 Å². The summed E-state index contributed by atoms with van der Waals surface area (Å²) in [7, 11) is 0. The summed E-state index contributed by atoms with van der Waals surface area (Å²) < 4.78 is 5.01. The number of nitrogens with zero attached hydrogens (tertiary/aromatic N) is 2. The molecule has 0 unspecified atom stereocenters. The second kappa shape index (κ2) is 5.91. The molecule has 1 amide bonds. The van der Waals surface area contributed by atoms with Gasteiger partial charge >= 0.3 is 5.97 Å². The lowest BCUT2D eigenvalue weighted by Crippen LogP contribution is -2.30. The Kier molecular flexibility index (Phi) is 4.04. The Bertz CT molecular complexity index is 579. The molecule has 0 fully saturated rings. The second-order valence-electron chi connectivity index (χ2n) is 4.09. The van der Waals surface area contributed by atoms with Gasteiger partial charge in [0.1, 0.15) is 12.3 Å². The van der Waals surface area contributed by atoms with Crippen molar-refractivity contribution in [3.63, 3.8) is 0 Å². The molecule has 0 bridgehead atoms. The summed E-state index contributed by atoms with van der Waals surface area (Å²) in [5.74, 6) is -0.847. The van der Waals surface area contributed by atoms with Crippen LogP contribution >= 0.6 is 0 Å². The number of nitrogens with one attached hydrogen (secondary N) is 1. The summed E-state index contributed by atoms with van der Waals surface area (Å²) in [6.07, 6.45) is 0.441. The average Bonchev–Trinajstić information content (AvgIpc) is 2.46. The number of carbonyl (C=O) groups excluding carboxylic acids is 2. The largest absolute Gasteiger partial charge is 0.456 e. The summed E-state index contributed by atoms with van der Waals surface area (Å²) >= 11 is 0. The molecule has 1 aromatic rings. The van der Waals surface area contributed by atoms with E-state index < -0.39 is 10.9 Å². The smallest absolute Gasteiger partial charge is 0.354 e. The number of rotatable bonds is 4. The lowest BCUT2D eigenvalue weighted by atomic mass is 10.2. The van der Waals surface area contributed by atoms with Crippen molar-refractivity contribution in [3.05, 3.63) is 39.9 Å². The van der Waals surface area contributed by atoms with Crippen LogP contribution in [0, 0.1) is 10.1 Å². The van der Waals surface area contributed by atoms with Crippen LogP contribution in [0.1, 0.15) is 18.4 Å². The molecule has 0 radical (unpaired) electrons. The van der Waals surface area contributed by atoms with Crippen molar-refractivity contribution >= 4 is 23.3 Å². The molecule has 0 spiro atoms. The van der Waals surface area contributed by atoms with E-state index >= 15 is 0 Å². The van der Waals surface area contributed by atoms with Gasteiger partial charge in [0.05, 0.1) is 4.92 Å². The summed E-state index contributed by atoms with van der Waals surface area (Å²) in [5, 5.41) is 14.1. The lowest BCUT2D eigenvalue weighted by Gasteiger charge is -2.11. The van der Waals surface area contributed by atoms with Crippen molar-refractivity contribution in [2.75, 3.05) is 0 Å². The average molecular weight is 277 g/mol. The number of hydrogen-bond acceptors (Lipinski definition) is 6. The molecule has 8 nitrogen and oxygen atoms in total. The van der Waals surface area contributed by atoms with Crippen LogP contribution in [0.25, 0.3) is 0 Å². The first-order valence-electron chi connectivity index (χ1n) is 5.82. The van der Waals surface area contributed by atoms with Gasteiger partial charge in [-0.05, 0) is 17.7 Å². The van der Waals surface area contributed by atoms with Gasteiger partial charge in [-0.1, -0.05) is 0 Å². The van der Waals surface area contributed by atoms with E-state index in [-0.39, 0.29) is 36.8 Å². The SMILES string of the molecule is O=C1CCC(C(=O)OCc2ccc([N+](=O)[O-])cc2)=NN1. The Hall–Kier alpha value is -2.77. The van der Waals surface area contributed by atoms with Crippen LogP contribution in [0.15, 0.2) is 29.4 Å². The number of esters is 1. The number of hydrogen-bond donors (Lipinski definition) is 1. The normalized spacial score (nSPS) is 14.2. The minimum absolute atomic E-state index is 0.0101. The highest BCUT2D eigenvalue weighted by Crippen LogP contribution is 2.13. The van der Waals surface area contributed by atoms with Gasteiger partial charge in [0.15, 0.2) is 0 Å². The van der Waals surface area contributed by atoms with Crippen molar-refractivity contribution in [1.29, 1.82) is 0 Å². The van der Waals surface area contributed by atoms with Crippen LogP contribution in [0.5, 0.6) is 0 Å². The molecule has 0 aromatic heterocycles. The molecule has 1 N–H and O–H groups in total. The van der Waals surface area contributed by atoms with Crippen molar-refractivity contribution in [1.82, 2.24) is 5.43 Å². The quantitative estimate of drug-likeness (QED) is 0.499. The summed E-state index contributed by atoms with van der Waals surface area (Å²) in [5.41, 5.74) is 2.96. The van der Waals surface area contributed by atoms with E-state index in [2.05, 4.69) is 10.5 Å². The van der Waals surface area contributed by atoms with Crippen LogP contribution < -0.4 is 5.43 Å². The highest BCUT2D eigenvalue weighted by atomic mass is 16.6. The van der Waals surface area contributed by atoms with Crippen LogP contribution in [-0.4, -0.2) is 22.5 Å². The Morgan fingerprint density at radius 1 is 1.35 bits per heavy atom. The third kappa shape index (κ3) is 3.37. The maximum Gasteiger partial charge on any atom is 0.354 e. The first-order chi connectivity index (χ1) is 9.56. The molecule has 0 saturated carbocycles. The fraction of sp³-hybridized carbons (Fsp3) is 0.250. The Balaban J connectivity index is 1.90. The number of nitro benzene ring substituents is 1. The van der Waals surface area contributed by atoms with Crippen LogP contribution in [0.4, 0.5) is 5.69 Å². The minimum atomic E-state index is -0.608. The van der Waals surface area contributed by atoms with Gasteiger partial charge in [0.2, 0.25) is 5.91 Å². The number of carbonyl (C=O) groups is 2. The monoisotopic (exact) mass is 277 g/mol. The molecule has 104 valence electrons. The van der Waals surface area contributed by atoms with Crippen LogP contribution in [0.3, 0.4) is 0 Å². The van der Waals surface area contributed by atoms with Gasteiger partial charge < -0.3 is 4.74 Å². The molecule has 20 heavy (non-hydrogen) atoms. The van der Waals surface area contributed by atoms with Gasteiger partial charge in [0, 0.05) is 25.0 Å². The topological polar surface area (TPSA) is 111 Å². The molecule has 8 heteroatoms. The molecule has 1 aliphatic heterocycles. The summed E-state index contributed by atoms with van der Waals surface area (Å²) in [6.45, 7) is -0.0101. The molecular weight excluding hydrogens is 266 g/mol. The van der Waals surface area contributed by atoms with E-state index in [4.69, 9.17) is 4.74 Å². The fourth-order valence-corrected chi connectivity index (χ4v) is 1.57. The molecule has 0 aliphatic carbocycles. The zero-order chi connectivity index (χ0) is 14.5. The third-order valence-corrected chi connectivity index (χ3v) is 2.66. The molecule has 1 aliphatic rings. The highest BCUT2D eigenvalue weighted by molar-refractivity contribution is 6.37. The molecule has 1 heterocycles. The number of hydrazone groups is 1. The van der Waals surface area contributed by atoms with Crippen molar-refractivity contribution in [3.8, 4) is 0 Å². The molecule has 2 rings (SSSR count). The van der Waals surface area contributed by atoms with Gasteiger partial charge in [-0.15, -0.1) is 0 Å². The third-order valence-electron chi connectivity index (χ3n) is 2.66. The van der Waals surface area contributed by atoms with E-state index in [0.29, 0.717) is 5.56 Å². The maximum atomic E-state index is 11.6. The van der Waals surface area contributed by atoms with Gasteiger partial charge in [0.25, 0.3) is 5.69 Å². The Morgan fingerprint density at radius 2 is 2.05 bits per heavy atom. The number of amides is 1. The lowest BCUT2D eigenvalue weighted by molar-refractivity contribution is -0.384. The summed E-state index contributed by atoms with van der Waals surface area (Å²) in [6, 6.07) is 5.69. The predicted octanol–water partition coefficient (Wildman–Crippen LogP) is 0.904. The van der Waals surface area contributed by atoms with Gasteiger partial charge in [-0.2, -0.15) is 5.10 Å². The first kappa shape index (κ1) is 13.7. The minimum Gasteiger partial charge on any atom is -0.456 e. The van der Waals surface area contributed by atoms with E-state index in [9.17, 15) is 19.7 Å². The van der Waals surface area contributed by atoms with Crippen molar-refractivity contribution in [2.45, 2.75) is 19.4 Å².